The molecule has 0 aromatic heterocycles. The number of hydrogen-bond acceptors (Lipinski definition) is 1. The van der Waals surface area contributed by atoms with Crippen LogP contribution in [0.1, 0.15) is 56.8 Å². The Hall–Kier alpha value is -1.19. The predicted octanol–water partition coefficient (Wildman–Crippen LogP) is 0.946. The summed E-state index contributed by atoms with van der Waals surface area (Å²) in [4.78, 5) is 16.8. The third kappa shape index (κ3) is 2.21. The molecule has 1 aromatic carbocycles. The molecule has 4 aliphatic heterocycles. The Kier molecular flexibility index (Phi) is 3.85. The van der Waals surface area contributed by atoms with E-state index in [0.717, 1.165) is 51.9 Å². The second-order valence-corrected chi connectivity index (χ2v) is 8.76. The van der Waals surface area contributed by atoms with Crippen LogP contribution in [0.2, 0.25) is 0 Å². The number of benzene rings is 1. The van der Waals surface area contributed by atoms with Gasteiger partial charge in [-0.3, -0.25) is 14.6 Å². The molecule has 0 amide bonds. The number of aryl methyl sites for hydroxylation is 1. The normalized spacial score (nSPS) is 40.3. The van der Waals surface area contributed by atoms with E-state index in [1.807, 2.05) is 0 Å². The van der Waals surface area contributed by atoms with E-state index >= 15 is 0 Å². The Morgan fingerprint density at radius 2 is 1.54 bits per heavy atom. The molecule has 2 N–H and O–H groups in total. The van der Waals surface area contributed by atoms with Crippen molar-refractivity contribution >= 4 is 5.78 Å². The zero-order chi connectivity index (χ0) is 16.9. The molecule has 0 spiro atoms. The number of rotatable bonds is 5. The first kappa shape index (κ1) is 16.3. The Morgan fingerprint density at radius 1 is 1.00 bits per heavy atom. The van der Waals surface area contributed by atoms with Crippen molar-refractivity contribution < 1.29 is 14.6 Å². The van der Waals surface area contributed by atoms with E-state index < -0.39 is 0 Å². The van der Waals surface area contributed by atoms with Crippen LogP contribution in [0, 0.1) is 17.8 Å². The molecule has 0 atom stereocenters. The molecular weight excluding hydrogens is 296 g/mol. The topological polar surface area (TPSA) is 26.0 Å². The third-order valence-corrected chi connectivity index (χ3v) is 6.87. The van der Waals surface area contributed by atoms with Gasteiger partial charge in [-0.25, -0.2) is 0 Å². The molecule has 5 rings (SSSR count). The summed E-state index contributed by atoms with van der Waals surface area (Å²) in [7, 11) is 0. The summed E-state index contributed by atoms with van der Waals surface area (Å²) in [6.07, 6.45) is 4.97. The predicted molar refractivity (Wildman–Crippen MR) is 95.0 cm³/mol. The van der Waals surface area contributed by atoms with Crippen LogP contribution in [-0.2, 0) is 4.79 Å². The molecule has 4 aliphatic rings. The lowest BCUT2D eigenvalue weighted by atomic mass is 9.57. The highest BCUT2D eigenvalue weighted by Gasteiger charge is 2.70. The van der Waals surface area contributed by atoms with Crippen LogP contribution in [0.3, 0.4) is 0 Å². The zero-order valence-corrected chi connectivity index (χ0v) is 15.5. The van der Waals surface area contributed by atoms with Crippen LogP contribution >= 0.6 is 0 Å². The van der Waals surface area contributed by atoms with Gasteiger partial charge in [-0.2, -0.15) is 0 Å². The van der Waals surface area contributed by atoms with Gasteiger partial charge in [-0.1, -0.05) is 44.4 Å². The van der Waals surface area contributed by atoms with Gasteiger partial charge in [-0.05, 0) is 31.9 Å². The van der Waals surface area contributed by atoms with Crippen molar-refractivity contribution in [2.24, 2.45) is 10.8 Å². The van der Waals surface area contributed by atoms with Crippen LogP contribution in [0.25, 0.3) is 0 Å². The van der Waals surface area contributed by atoms with Gasteiger partial charge in [0.1, 0.15) is 37.0 Å². The van der Waals surface area contributed by atoms with Crippen molar-refractivity contribution in [1.82, 2.24) is 0 Å². The fraction of sp³-hybridized carbons (Fsp3) is 0.667. The van der Waals surface area contributed by atoms with Crippen LogP contribution < -0.4 is 9.80 Å². The molecule has 0 unspecified atom stereocenters. The number of hydrogen-bond donors (Lipinski definition) is 2. The van der Waals surface area contributed by atoms with E-state index in [-0.39, 0.29) is 10.8 Å². The summed E-state index contributed by atoms with van der Waals surface area (Å²) in [5, 5.41) is 0. The molecule has 24 heavy (non-hydrogen) atoms. The van der Waals surface area contributed by atoms with Gasteiger partial charge in [0.15, 0.2) is 5.78 Å². The number of ketones is 1. The SMILES string of the molecule is CCCC12C[NH+]3CC(CCC)(C[NH+](C1)C3c1cccc(C)c1)C2=O. The third-order valence-electron chi connectivity index (χ3n) is 6.87. The Balaban J connectivity index is 1.73. The van der Waals surface area contributed by atoms with E-state index in [1.54, 1.807) is 9.80 Å². The lowest BCUT2D eigenvalue weighted by molar-refractivity contribution is -1.18. The van der Waals surface area contributed by atoms with Gasteiger partial charge in [0.05, 0.1) is 5.56 Å². The van der Waals surface area contributed by atoms with E-state index in [9.17, 15) is 4.79 Å². The van der Waals surface area contributed by atoms with Crippen molar-refractivity contribution in [3.63, 3.8) is 0 Å². The Bertz CT molecular complexity index is 609. The van der Waals surface area contributed by atoms with Gasteiger partial charge in [0.2, 0.25) is 6.17 Å². The number of carbonyl (C=O) groups excluding carboxylic acids is 1. The molecule has 130 valence electrons. The molecule has 1 aromatic rings. The molecule has 0 radical (unpaired) electrons. The van der Waals surface area contributed by atoms with Crippen molar-refractivity contribution in [2.45, 2.75) is 52.6 Å². The first-order chi connectivity index (χ1) is 11.5. The summed E-state index contributed by atoms with van der Waals surface area (Å²) < 4.78 is 0. The second kappa shape index (κ2) is 5.67. The largest absolute Gasteiger partial charge is 0.297 e. The first-order valence-electron chi connectivity index (χ1n) is 9.84. The van der Waals surface area contributed by atoms with Gasteiger partial charge < -0.3 is 0 Å². The van der Waals surface area contributed by atoms with Gasteiger partial charge in [-0.15, -0.1) is 0 Å². The minimum absolute atomic E-state index is 0.0363. The molecule has 4 saturated heterocycles. The minimum atomic E-state index is -0.0363. The molecule has 4 heterocycles. The van der Waals surface area contributed by atoms with Crippen molar-refractivity contribution in [3.05, 3.63) is 35.4 Å². The van der Waals surface area contributed by atoms with Gasteiger partial charge in [0, 0.05) is 0 Å². The average Bonchev–Trinajstić information content (AvgIpc) is 2.52. The van der Waals surface area contributed by atoms with E-state index in [1.165, 1.54) is 11.1 Å². The van der Waals surface area contributed by atoms with Gasteiger partial charge >= 0.3 is 0 Å². The monoisotopic (exact) mass is 328 g/mol. The summed E-state index contributed by atoms with van der Waals surface area (Å²) >= 11 is 0. The summed E-state index contributed by atoms with van der Waals surface area (Å²) in [5.41, 5.74) is 2.76. The lowest BCUT2D eigenvalue weighted by Crippen LogP contribution is -3.41. The van der Waals surface area contributed by atoms with Gasteiger partial charge in [0.25, 0.3) is 0 Å². The fourth-order valence-electron chi connectivity index (χ4n) is 6.43. The highest BCUT2D eigenvalue weighted by atomic mass is 16.1. The van der Waals surface area contributed by atoms with Crippen LogP contribution in [-0.4, -0.2) is 32.0 Å². The fourth-order valence-corrected chi connectivity index (χ4v) is 6.43. The van der Waals surface area contributed by atoms with Crippen molar-refractivity contribution in [2.75, 3.05) is 26.2 Å². The van der Waals surface area contributed by atoms with E-state index in [0.29, 0.717) is 11.9 Å². The molecule has 0 saturated carbocycles. The maximum Gasteiger partial charge on any atom is 0.240 e. The number of carbonyl (C=O) groups is 1. The number of Topliss-reactive ketones (excluding diaryl/α,β-unsaturated/α-hetero) is 1. The van der Waals surface area contributed by atoms with E-state index in [2.05, 4.69) is 45.0 Å². The van der Waals surface area contributed by atoms with E-state index in [4.69, 9.17) is 0 Å². The van der Waals surface area contributed by atoms with Crippen LogP contribution in [0.15, 0.2) is 24.3 Å². The molecule has 0 aliphatic carbocycles. The highest BCUT2D eigenvalue weighted by molar-refractivity contribution is 5.92. The first-order valence-corrected chi connectivity index (χ1v) is 9.84. The second-order valence-electron chi connectivity index (χ2n) is 8.76. The summed E-state index contributed by atoms with van der Waals surface area (Å²) in [6.45, 7) is 10.9. The molecular formula is C21H32N2O+2. The number of quaternary nitrogens is 2. The Morgan fingerprint density at radius 3 is 2.00 bits per heavy atom. The maximum atomic E-state index is 13.5. The smallest absolute Gasteiger partial charge is 0.240 e. The minimum Gasteiger partial charge on any atom is -0.297 e. The standard InChI is InChI=1S/C21H30N2O/c1-4-9-20-12-22-14-21(10-5-2,19(20)24)15-23(13-20)18(22)17-8-6-7-16(3)11-17/h6-8,11,18H,4-5,9-10,12-15H2,1-3H3/p+2. The molecule has 3 nitrogen and oxygen atoms in total. The quantitative estimate of drug-likeness (QED) is 0.827. The van der Waals surface area contributed by atoms with Crippen molar-refractivity contribution in [1.29, 1.82) is 0 Å². The lowest BCUT2D eigenvalue weighted by Gasteiger charge is -2.60. The highest BCUT2D eigenvalue weighted by Crippen LogP contribution is 2.42. The molecule has 4 fully saturated rings. The Labute approximate surface area is 146 Å². The average molecular weight is 329 g/mol. The van der Waals surface area contributed by atoms with Crippen LogP contribution in [0.5, 0.6) is 0 Å². The van der Waals surface area contributed by atoms with Crippen LogP contribution in [0.4, 0.5) is 0 Å². The maximum absolute atomic E-state index is 13.5. The molecule has 4 bridgehead atoms. The zero-order valence-electron chi connectivity index (χ0n) is 15.5. The van der Waals surface area contributed by atoms with Crippen molar-refractivity contribution in [3.8, 4) is 0 Å². The number of piperidine rings is 2. The summed E-state index contributed by atoms with van der Waals surface area (Å²) in [6, 6.07) is 9.07. The summed E-state index contributed by atoms with van der Waals surface area (Å²) in [5.74, 6) is 0.633. The molecule has 3 heteroatoms. The number of nitrogens with one attached hydrogen (secondary N) is 2.